The van der Waals surface area contributed by atoms with Gasteiger partial charge >= 0.3 is 0 Å². The van der Waals surface area contributed by atoms with Crippen LogP contribution in [0.2, 0.25) is 0 Å². The first-order valence-corrected chi connectivity index (χ1v) is 6.91. The van der Waals surface area contributed by atoms with E-state index in [-0.39, 0.29) is 6.61 Å². The predicted octanol–water partition coefficient (Wildman–Crippen LogP) is 1.22. The van der Waals surface area contributed by atoms with Gasteiger partial charge in [-0.15, -0.1) is 0 Å². The fraction of sp³-hybridized carbons (Fsp3) is 1.00. The summed E-state index contributed by atoms with van der Waals surface area (Å²) in [6.45, 7) is 6.24. The van der Waals surface area contributed by atoms with E-state index in [4.69, 9.17) is 5.11 Å². The summed E-state index contributed by atoms with van der Waals surface area (Å²) >= 11 is 0. The van der Waals surface area contributed by atoms with Crippen molar-refractivity contribution in [1.29, 1.82) is 0 Å². The van der Waals surface area contributed by atoms with Crippen molar-refractivity contribution in [2.75, 3.05) is 26.2 Å². The second-order valence-corrected chi connectivity index (χ2v) is 5.47. The van der Waals surface area contributed by atoms with Crippen LogP contribution in [0.1, 0.15) is 39.0 Å². The maximum atomic E-state index is 9.16. The lowest BCUT2D eigenvalue weighted by atomic mass is 10.0. The molecule has 2 rings (SSSR count). The predicted molar refractivity (Wildman–Crippen MR) is 66.5 cm³/mol. The number of likely N-dealkylation sites (tertiary alicyclic amines) is 1. The molecule has 3 nitrogen and oxygen atoms in total. The quantitative estimate of drug-likeness (QED) is 0.715. The van der Waals surface area contributed by atoms with Crippen LogP contribution in [0.25, 0.3) is 0 Å². The maximum Gasteiger partial charge on any atom is 0.0584 e. The minimum Gasteiger partial charge on any atom is -0.395 e. The Bertz CT molecular complexity index is 194. The molecule has 0 aromatic heterocycles. The molecular weight excluding hydrogens is 200 g/mol. The van der Waals surface area contributed by atoms with Gasteiger partial charge in [0.05, 0.1) is 6.61 Å². The summed E-state index contributed by atoms with van der Waals surface area (Å²) in [5.41, 5.74) is 0. The third-order valence-corrected chi connectivity index (χ3v) is 3.99. The van der Waals surface area contributed by atoms with Crippen molar-refractivity contribution in [3.05, 3.63) is 0 Å². The Morgan fingerprint density at radius 2 is 1.94 bits per heavy atom. The van der Waals surface area contributed by atoms with Crippen LogP contribution in [0.5, 0.6) is 0 Å². The van der Waals surface area contributed by atoms with Gasteiger partial charge in [0.2, 0.25) is 0 Å². The molecule has 1 heterocycles. The Morgan fingerprint density at radius 3 is 2.44 bits per heavy atom. The van der Waals surface area contributed by atoms with Crippen molar-refractivity contribution in [3.63, 3.8) is 0 Å². The summed E-state index contributed by atoms with van der Waals surface area (Å²) in [6.07, 6.45) is 6.45. The van der Waals surface area contributed by atoms with E-state index in [2.05, 4.69) is 17.1 Å². The van der Waals surface area contributed by atoms with Crippen molar-refractivity contribution >= 4 is 0 Å². The Morgan fingerprint density at radius 1 is 1.25 bits per heavy atom. The monoisotopic (exact) mass is 226 g/mol. The van der Waals surface area contributed by atoms with Gasteiger partial charge in [-0.3, -0.25) is 0 Å². The fourth-order valence-electron chi connectivity index (χ4n) is 2.58. The van der Waals surface area contributed by atoms with Crippen molar-refractivity contribution < 1.29 is 5.11 Å². The van der Waals surface area contributed by atoms with Crippen LogP contribution in [0.3, 0.4) is 0 Å². The largest absolute Gasteiger partial charge is 0.395 e. The molecule has 16 heavy (non-hydrogen) atoms. The summed E-state index contributed by atoms with van der Waals surface area (Å²) in [4.78, 5) is 2.62. The van der Waals surface area contributed by atoms with Crippen molar-refractivity contribution in [1.82, 2.24) is 10.2 Å². The number of aliphatic hydroxyl groups is 1. The van der Waals surface area contributed by atoms with Crippen LogP contribution in [0.4, 0.5) is 0 Å². The van der Waals surface area contributed by atoms with Crippen molar-refractivity contribution in [2.45, 2.75) is 51.1 Å². The summed E-state index contributed by atoms with van der Waals surface area (Å²) in [7, 11) is 0. The molecule has 0 aromatic carbocycles. The number of piperidine rings is 1. The van der Waals surface area contributed by atoms with Gasteiger partial charge in [-0.05, 0) is 51.1 Å². The Balaban J connectivity index is 1.63. The van der Waals surface area contributed by atoms with Crippen molar-refractivity contribution in [3.8, 4) is 0 Å². The highest BCUT2D eigenvalue weighted by molar-refractivity contribution is 4.83. The minimum atomic E-state index is 0.277. The molecule has 1 saturated carbocycles. The number of hydrogen-bond acceptors (Lipinski definition) is 3. The molecule has 0 spiro atoms. The van der Waals surface area contributed by atoms with Gasteiger partial charge in [0.1, 0.15) is 0 Å². The molecule has 1 aliphatic heterocycles. The lowest BCUT2D eigenvalue weighted by Crippen LogP contribution is -2.47. The third kappa shape index (κ3) is 3.72. The highest BCUT2D eigenvalue weighted by Gasteiger charge is 2.27. The van der Waals surface area contributed by atoms with Crippen LogP contribution < -0.4 is 5.32 Å². The van der Waals surface area contributed by atoms with Gasteiger partial charge in [-0.1, -0.05) is 6.92 Å². The molecule has 1 saturated heterocycles. The number of nitrogens with one attached hydrogen (secondary N) is 1. The Labute approximate surface area is 99.2 Å². The first kappa shape index (κ1) is 12.3. The van der Waals surface area contributed by atoms with Crippen LogP contribution >= 0.6 is 0 Å². The van der Waals surface area contributed by atoms with E-state index in [0.717, 1.165) is 12.3 Å². The molecule has 2 fully saturated rings. The number of rotatable bonds is 6. The molecule has 94 valence electrons. The lowest BCUT2D eigenvalue weighted by Gasteiger charge is -2.34. The molecule has 0 bridgehead atoms. The first-order chi connectivity index (χ1) is 7.81. The van der Waals surface area contributed by atoms with E-state index in [0.29, 0.717) is 12.1 Å². The van der Waals surface area contributed by atoms with Gasteiger partial charge in [-0.2, -0.15) is 0 Å². The van der Waals surface area contributed by atoms with Crippen LogP contribution in [0, 0.1) is 5.92 Å². The average molecular weight is 226 g/mol. The second kappa shape index (κ2) is 5.99. The lowest BCUT2D eigenvalue weighted by molar-refractivity contribution is 0.166. The van der Waals surface area contributed by atoms with Gasteiger partial charge < -0.3 is 15.3 Å². The molecule has 0 amide bonds. The zero-order valence-electron chi connectivity index (χ0n) is 10.5. The standard InChI is InChI=1S/C13H26N2O/c1-2-12(10-16)14-13-5-7-15(8-6-13)9-11-3-4-11/h11-14,16H,2-10H2,1H3. The number of aliphatic hydroxyl groups excluding tert-OH is 1. The van der Waals surface area contributed by atoms with Gasteiger partial charge in [0.15, 0.2) is 0 Å². The minimum absolute atomic E-state index is 0.277. The summed E-state index contributed by atoms with van der Waals surface area (Å²) in [5.74, 6) is 1.02. The second-order valence-electron chi connectivity index (χ2n) is 5.47. The highest BCUT2D eigenvalue weighted by atomic mass is 16.3. The molecule has 2 aliphatic rings. The van der Waals surface area contributed by atoms with E-state index in [1.54, 1.807) is 0 Å². The zero-order chi connectivity index (χ0) is 11.4. The molecule has 1 unspecified atom stereocenters. The maximum absolute atomic E-state index is 9.16. The molecule has 1 aliphatic carbocycles. The number of nitrogens with zero attached hydrogens (tertiary/aromatic N) is 1. The van der Waals surface area contributed by atoms with E-state index < -0.39 is 0 Å². The van der Waals surface area contributed by atoms with Crippen LogP contribution in [0.15, 0.2) is 0 Å². The average Bonchev–Trinajstić information content (AvgIpc) is 3.12. The SMILES string of the molecule is CCC(CO)NC1CCN(CC2CC2)CC1. The Kier molecular flexibility index (Phi) is 4.62. The highest BCUT2D eigenvalue weighted by Crippen LogP contribution is 2.30. The van der Waals surface area contributed by atoms with Gasteiger partial charge in [0, 0.05) is 18.6 Å². The van der Waals surface area contributed by atoms with Crippen molar-refractivity contribution in [2.24, 2.45) is 5.92 Å². The zero-order valence-corrected chi connectivity index (χ0v) is 10.5. The molecule has 3 heteroatoms. The van der Waals surface area contributed by atoms with Crippen LogP contribution in [-0.4, -0.2) is 48.3 Å². The van der Waals surface area contributed by atoms with E-state index in [1.165, 1.54) is 45.3 Å². The van der Waals surface area contributed by atoms with Crippen LogP contribution in [-0.2, 0) is 0 Å². The molecular formula is C13H26N2O. The molecule has 0 aromatic rings. The fourth-order valence-corrected chi connectivity index (χ4v) is 2.58. The molecule has 1 atom stereocenters. The first-order valence-electron chi connectivity index (χ1n) is 6.91. The summed E-state index contributed by atoms with van der Waals surface area (Å²) in [6, 6.07) is 0.938. The summed E-state index contributed by atoms with van der Waals surface area (Å²) < 4.78 is 0. The van der Waals surface area contributed by atoms with Gasteiger partial charge in [-0.25, -0.2) is 0 Å². The van der Waals surface area contributed by atoms with E-state index >= 15 is 0 Å². The topological polar surface area (TPSA) is 35.5 Å². The van der Waals surface area contributed by atoms with Gasteiger partial charge in [0.25, 0.3) is 0 Å². The van der Waals surface area contributed by atoms with E-state index in [9.17, 15) is 0 Å². The summed E-state index contributed by atoms with van der Waals surface area (Å²) in [5, 5.41) is 12.7. The van der Waals surface area contributed by atoms with E-state index in [1.807, 2.05) is 0 Å². The normalized spacial score (nSPS) is 25.9. The number of hydrogen-bond donors (Lipinski definition) is 2. The molecule has 0 radical (unpaired) electrons. The molecule has 2 N–H and O–H groups in total. The smallest absolute Gasteiger partial charge is 0.0584 e. The third-order valence-electron chi connectivity index (χ3n) is 3.99. The Hall–Kier alpha value is -0.120.